The van der Waals surface area contributed by atoms with E-state index in [1.54, 1.807) is 7.11 Å². The number of aryl methyl sites for hydroxylation is 1. The number of benzene rings is 1. The first kappa shape index (κ1) is 14.3. The molecule has 1 aromatic carbocycles. The molecule has 2 N–H and O–H groups in total. The van der Waals surface area contributed by atoms with E-state index in [2.05, 4.69) is 20.9 Å². The molecule has 0 aliphatic heterocycles. The Bertz CT molecular complexity index is 673. The maximum atomic E-state index is 6.17. The van der Waals surface area contributed by atoms with E-state index in [1.807, 2.05) is 18.2 Å². The molecule has 3 rings (SSSR count). The molecule has 0 amide bonds. The van der Waals surface area contributed by atoms with Crippen molar-refractivity contribution in [3.8, 4) is 17.1 Å². The number of rotatable bonds is 2. The average Bonchev–Trinajstić information content (AvgIpc) is 2.73. The summed E-state index contributed by atoms with van der Waals surface area (Å²) in [6, 6.07) is 5.78. The van der Waals surface area contributed by atoms with Crippen LogP contribution in [0.5, 0.6) is 5.75 Å². The number of nitrogens with zero attached hydrogens (tertiary/aromatic N) is 2. The summed E-state index contributed by atoms with van der Waals surface area (Å²) in [5.41, 5.74) is 9.32. The molecule has 0 saturated heterocycles. The highest BCUT2D eigenvalue weighted by atomic mass is 79.9. The van der Waals surface area contributed by atoms with Crippen LogP contribution in [0.1, 0.15) is 30.5 Å². The van der Waals surface area contributed by atoms with Crippen molar-refractivity contribution in [2.75, 3.05) is 12.8 Å². The zero-order valence-electron chi connectivity index (χ0n) is 12.0. The van der Waals surface area contributed by atoms with Crippen LogP contribution in [0.4, 0.5) is 5.82 Å². The summed E-state index contributed by atoms with van der Waals surface area (Å²) in [5, 5.41) is 0. The quantitative estimate of drug-likeness (QED) is 0.840. The van der Waals surface area contributed by atoms with Gasteiger partial charge in [-0.3, -0.25) is 0 Å². The van der Waals surface area contributed by atoms with Crippen molar-refractivity contribution in [1.29, 1.82) is 0 Å². The lowest BCUT2D eigenvalue weighted by Gasteiger charge is -2.12. The van der Waals surface area contributed by atoms with Crippen LogP contribution in [-0.2, 0) is 12.8 Å². The standard InChI is InChI=1S/C16H18BrN3O/c1-21-10-7-8-13(17)12(9-10)16-19-14-6-4-2-3-5-11(14)15(18)20-16/h7-9H,2-6H2,1H3,(H2,18,19,20). The van der Waals surface area contributed by atoms with Gasteiger partial charge in [-0.05, 0) is 43.9 Å². The number of nitrogens with two attached hydrogens (primary N) is 1. The molecule has 1 aromatic heterocycles. The van der Waals surface area contributed by atoms with Gasteiger partial charge in [0, 0.05) is 21.3 Å². The number of nitrogen functional groups attached to an aromatic ring is 1. The fourth-order valence-corrected chi connectivity index (χ4v) is 3.15. The van der Waals surface area contributed by atoms with Crippen molar-refractivity contribution >= 4 is 21.7 Å². The number of methoxy groups -OCH3 is 1. The molecule has 4 nitrogen and oxygen atoms in total. The second-order valence-corrected chi connectivity index (χ2v) is 6.12. The second kappa shape index (κ2) is 6.02. The van der Waals surface area contributed by atoms with E-state index in [-0.39, 0.29) is 0 Å². The van der Waals surface area contributed by atoms with Crippen LogP contribution >= 0.6 is 15.9 Å². The highest BCUT2D eigenvalue weighted by molar-refractivity contribution is 9.10. The number of ether oxygens (including phenoxy) is 1. The summed E-state index contributed by atoms with van der Waals surface area (Å²) in [7, 11) is 1.65. The molecule has 0 fully saturated rings. The van der Waals surface area contributed by atoms with E-state index in [0.717, 1.165) is 39.9 Å². The first-order valence-corrected chi connectivity index (χ1v) is 7.97. The van der Waals surface area contributed by atoms with Crippen molar-refractivity contribution in [2.24, 2.45) is 0 Å². The Hall–Kier alpha value is -1.62. The molecular formula is C16H18BrN3O. The summed E-state index contributed by atoms with van der Waals surface area (Å²) < 4.78 is 6.23. The summed E-state index contributed by atoms with van der Waals surface area (Å²) in [5.74, 6) is 2.07. The summed E-state index contributed by atoms with van der Waals surface area (Å²) >= 11 is 3.56. The first-order valence-electron chi connectivity index (χ1n) is 7.18. The van der Waals surface area contributed by atoms with Crippen LogP contribution in [0, 0.1) is 0 Å². The lowest BCUT2D eigenvalue weighted by Crippen LogP contribution is -2.06. The molecule has 0 saturated carbocycles. The summed E-state index contributed by atoms with van der Waals surface area (Å²) in [6.45, 7) is 0. The van der Waals surface area contributed by atoms with Crippen LogP contribution in [0.3, 0.4) is 0 Å². The fourth-order valence-electron chi connectivity index (χ4n) is 2.72. The van der Waals surface area contributed by atoms with Gasteiger partial charge < -0.3 is 10.5 Å². The predicted molar refractivity (Wildman–Crippen MR) is 87.4 cm³/mol. The van der Waals surface area contributed by atoms with E-state index in [1.165, 1.54) is 19.3 Å². The van der Waals surface area contributed by atoms with Crippen molar-refractivity contribution in [3.63, 3.8) is 0 Å². The van der Waals surface area contributed by atoms with Gasteiger partial charge in [0.15, 0.2) is 5.82 Å². The Balaban J connectivity index is 2.11. The number of hydrogen-bond donors (Lipinski definition) is 1. The van der Waals surface area contributed by atoms with Crippen LogP contribution in [0.15, 0.2) is 22.7 Å². The fraction of sp³-hybridized carbons (Fsp3) is 0.375. The maximum absolute atomic E-state index is 6.17. The third-order valence-electron chi connectivity index (χ3n) is 3.88. The molecule has 1 heterocycles. The number of aromatic nitrogens is 2. The lowest BCUT2D eigenvalue weighted by atomic mass is 10.1. The highest BCUT2D eigenvalue weighted by Crippen LogP contribution is 2.32. The van der Waals surface area contributed by atoms with Crippen LogP contribution in [0.2, 0.25) is 0 Å². The Morgan fingerprint density at radius 3 is 2.76 bits per heavy atom. The normalized spacial score (nSPS) is 14.4. The van der Waals surface area contributed by atoms with E-state index >= 15 is 0 Å². The molecule has 0 bridgehead atoms. The third kappa shape index (κ3) is 2.88. The van der Waals surface area contributed by atoms with E-state index < -0.39 is 0 Å². The minimum Gasteiger partial charge on any atom is -0.497 e. The first-order chi connectivity index (χ1) is 10.2. The smallest absolute Gasteiger partial charge is 0.163 e. The van der Waals surface area contributed by atoms with E-state index in [0.29, 0.717) is 11.6 Å². The summed E-state index contributed by atoms with van der Waals surface area (Å²) in [4.78, 5) is 9.28. The molecule has 110 valence electrons. The largest absolute Gasteiger partial charge is 0.497 e. The van der Waals surface area contributed by atoms with Crippen LogP contribution in [-0.4, -0.2) is 17.1 Å². The van der Waals surface area contributed by atoms with Gasteiger partial charge >= 0.3 is 0 Å². The highest BCUT2D eigenvalue weighted by Gasteiger charge is 2.17. The average molecular weight is 348 g/mol. The molecule has 0 atom stereocenters. The minimum absolute atomic E-state index is 0.617. The number of anilines is 1. The summed E-state index contributed by atoms with van der Waals surface area (Å²) in [6.07, 6.45) is 5.54. The molecule has 21 heavy (non-hydrogen) atoms. The van der Waals surface area contributed by atoms with Gasteiger partial charge in [0.25, 0.3) is 0 Å². The van der Waals surface area contributed by atoms with Crippen LogP contribution < -0.4 is 10.5 Å². The zero-order valence-corrected chi connectivity index (χ0v) is 13.6. The van der Waals surface area contributed by atoms with Gasteiger partial charge in [0.1, 0.15) is 11.6 Å². The van der Waals surface area contributed by atoms with Crippen molar-refractivity contribution < 1.29 is 4.74 Å². The SMILES string of the molecule is COc1ccc(Br)c(-c2nc(N)c3c(n2)CCCCC3)c1. The van der Waals surface area contributed by atoms with Gasteiger partial charge in [-0.1, -0.05) is 22.4 Å². The Morgan fingerprint density at radius 1 is 1.14 bits per heavy atom. The molecule has 0 spiro atoms. The minimum atomic E-state index is 0.617. The topological polar surface area (TPSA) is 61.0 Å². The molecule has 2 aromatic rings. The predicted octanol–water partition coefficient (Wildman–Crippen LogP) is 3.77. The lowest BCUT2D eigenvalue weighted by molar-refractivity contribution is 0.415. The number of halogens is 1. The van der Waals surface area contributed by atoms with Crippen molar-refractivity contribution in [2.45, 2.75) is 32.1 Å². The molecule has 0 radical (unpaired) electrons. The maximum Gasteiger partial charge on any atom is 0.163 e. The number of hydrogen-bond acceptors (Lipinski definition) is 4. The molecule has 0 unspecified atom stereocenters. The van der Waals surface area contributed by atoms with E-state index in [9.17, 15) is 0 Å². The second-order valence-electron chi connectivity index (χ2n) is 5.26. The monoisotopic (exact) mass is 347 g/mol. The molecule has 1 aliphatic rings. The molecular weight excluding hydrogens is 330 g/mol. The Labute approximate surface area is 132 Å². The Kier molecular flexibility index (Phi) is 4.10. The third-order valence-corrected chi connectivity index (χ3v) is 4.57. The van der Waals surface area contributed by atoms with Gasteiger partial charge in [-0.2, -0.15) is 0 Å². The molecule has 5 heteroatoms. The number of fused-ring (bicyclic) bond motifs is 1. The van der Waals surface area contributed by atoms with Crippen molar-refractivity contribution in [1.82, 2.24) is 9.97 Å². The Morgan fingerprint density at radius 2 is 1.95 bits per heavy atom. The van der Waals surface area contributed by atoms with Gasteiger partial charge in [0.05, 0.1) is 7.11 Å². The van der Waals surface area contributed by atoms with Gasteiger partial charge in [-0.15, -0.1) is 0 Å². The van der Waals surface area contributed by atoms with E-state index in [4.69, 9.17) is 15.5 Å². The van der Waals surface area contributed by atoms with Gasteiger partial charge in [0.2, 0.25) is 0 Å². The van der Waals surface area contributed by atoms with Gasteiger partial charge in [-0.25, -0.2) is 9.97 Å². The molecule has 1 aliphatic carbocycles. The van der Waals surface area contributed by atoms with Crippen molar-refractivity contribution in [3.05, 3.63) is 33.9 Å². The van der Waals surface area contributed by atoms with Crippen LogP contribution in [0.25, 0.3) is 11.4 Å². The zero-order chi connectivity index (χ0) is 14.8.